The average molecular weight is 375 g/mol. The summed E-state index contributed by atoms with van der Waals surface area (Å²) in [6.45, 7) is 2.07. The Morgan fingerprint density at radius 3 is 2.67 bits per heavy atom. The summed E-state index contributed by atoms with van der Waals surface area (Å²) in [5.74, 6) is 1.14. The normalized spacial score (nSPS) is 23.8. The van der Waals surface area contributed by atoms with E-state index in [4.69, 9.17) is 9.15 Å². The van der Waals surface area contributed by atoms with Crippen molar-refractivity contribution in [3.63, 3.8) is 0 Å². The van der Waals surface area contributed by atoms with Crippen LogP contribution in [0.4, 0.5) is 0 Å². The molecule has 2 aromatic heterocycles. The monoisotopic (exact) mass is 375 g/mol. The minimum Gasteiger partial charge on any atom is -0.421 e. The lowest BCUT2D eigenvalue weighted by Gasteiger charge is -2.33. The summed E-state index contributed by atoms with van der Waals surface area (Å²) in [5, 5.41) is 8.47. The molecule has 0 radical (unpaired) electrons. The topological polar surface area (TPSA) is 95.4 Å². The number of aromatic nitrogens is 4. The van der Waals surface area contributed by atoms with E-state index in [9.17, 15) is 9.59 Å². The van der Waals surface area contributed by atoms with Crippen LogP contribution < -0.4 is 11.2 Å². The summed E-state index contributed by atoms with van der Waals surface area (Å²) in [6.07, 6.45) is 4.86. The van der Waals surface area contributed by atoms with Crippen molar-refractivity contribution in [2.75, 3.05) is 13.2 Å². The third-order valence-corrected chi connectivity index (χ3v) is 5.55. The van der Waals surface area contributed by atoms with E-state index >= 15 is 0 Å². The Kier molecular flexibility index (Phi) is 4.96. The van der Waals surface area contributed by atoms with Gasteiger partial charge >= 0.3 is 5.69 Å². The molecule has 0 aliphatic carbocycles. The van der Waals surface area contributed by atoms with Crippen LogP contribution in [-0.2, 0) is 25.4 Å². The second-order valence-electron chi connectivity index (χ2n) is 7.34. The summed E-state index contributed by atoms with van der Waals surface area (Å²) < 4.78 is 14.2. The molecule has 2 aliphatic rings. The number of ether oxygens (including phenoxy) is 1. The number of nitrogens with zero attached hydrogens (tertiary/aromatic N) is 5. The van der Waals surface area contributed by atoms with E-state index in [0.717, 1.165) is 49.8 Å². The first kappa shape index (κ1) is 18.1. The largest absolute Gasteiger partial charge is 0.421 e. The zero-order chi connectivity index (χ0) is 19.0. The second-order valence-corrected chi connectivity index (χ2v) is 7.34. The summed E-state index contributed by atoms with van der Waals surface area (Å²) in [7, 11) is 3.18. The first-order chi connectivity index (χ1) is 13.0. The van der Waals surface area contributed by atoms with Gasteiger partial charge in [0.1, 0.15) is 6.10 Å². The average Bonchev–Trinajstić information content (AvgIpc) is 3.36. The van der Waals surface area contributed by atoms with Gasteiger partial charge in [0.25, 0.3) is 5.56 Å². The van der Waals surface area contributed by atoms with Gasteiger partial charge < -0.3 is 9.15 Å². The molecule has 4 rings (SSSR count). The first-order valence-electron chi connectivity index (χ1n) is 9.49. The number of hydrogen-bond donors (Lipinski definition) is 0. The highest BCUT2D eigenvalue weighted by atomic mass is 16.5. The van der Waals surface area contributed by atoms with E-state index in [1.807, 2.05) is 0 Å². The van der Waals surface area contributed by atoms with Crippen LogP contribution in [0.15, 0.2) is 20.1 Å². The molecule has 146 valence electrons. The Labute approximate surface area is 156 Å². The quantitative estimate of drug-likeness (QED) is 0.788. The lowest BCUT2D eigenvalue weighted by Crippen LogP contribution is -2.41. The molecule has 0 bridgehead atoms. The van der Waals surface area contributed by atoms with Gasteiger partial charge in [0.05, 0.1) is 6.04 Å². The van der Waals surface area contributed by atoms with E-state index < -0.39 is 0 Å². The van der Waals surface area contributed by atoms with Crippen molar-refractivity contribution in [3.8, 4) is 0 Å². The van der Waals surface area contributed by atoms with Gasteiger partial charge in [0.15, 0.2) is 0 Å². The summed E-state index contributed by atoms with van der Waals surface area (Å²) in [6, 6.07) is 1.51. The molecule has 2 aromatic rings. The predicted octanol–water partition coefficient (Wildman–Crippen LogP) is 1.05. The molecule has 4 heterocycles. The SMILES string of the molecule is Cn1c(CN2CCCC[C@H]2c2nnc([C@H]3CCCO3)o2)cc(=O)n(C)c1=O. The number of rotatable bonds is 4. The van der Waals surface area contributed by atoms with Crippen molar-refractivity contribution in [1.82, 2.24) is 24.2 Å². The Bertz CT molecular complexity index is 925. The third-order valence-electron chi connectivity index (χ3n) is 5.55. The third kappa shape index (κ3) is 3.49. The molecule has 0 saturated carbocycles. The maximum absolute atomic E-state index is 12.2. The fourth-order valence-corrected chi connectivity index (χ4v) is 3.88. The molecule has 2 aliphatic heterocycles. The minimum absolute atomic E-state index is 0.0134. The van der Waals surface area contributed by atoms with Gasteiger partial charge in [0.2, 0.25) is 11.8 Å². The number of hydrogen-bond acceptors (Lipinski definition) is 7. The fraction of sp³-hybridized carbons (Fsp3) is 0.667. The highest BCUT2D eigenvalue weighted by molar-refractivity contribution is 5.04. The molecule has 9 heteroatoms. The van der Waals surface area contributed by atoms with Gasteiger partial charge in [0, 0.05) is 39.0 Å². The van der Waals surface area contributed by atoms with E-state index in [1.54, 1.807) is 7.05 Å². The van der Waals surface area contributed by atoms with Crippen molar-refractivity contribution in [3.05, 3.63) is 44.4 Å². The Balaban J connectivity index is 1.58. The van der Waals surface area contributed by atoms with Crippen LogP contribution in [-0.4, -0.2) is 37.4 Å². The second kappa shape index (κ2) is 7.40. The van der Waals surface area contributed by atoms with Crippen molar-refractivity contribution in [2.45, 2.75) is 50.8 Å². The first-order valence-corrected chi connectivity index (χ1v) is 9.49. The van der Waals surface area contributed by atoms with Crippen LogP contribution in [0, 0.1) is 0 Å². The summed E-state index contributed by atoms with van der Waals surface area (Å²) in [4.78, 5) is 26.5. The van der Waals surface area contributed by atoms with Crippen LogP contribution in [0.1, 0.15) is 61.7 Å². The Hall–Kier alpha value is -2.26. The molecule has 0 unspecified atom stereocenters. The van der Waals surface area contributed by atoms with Crippen molar-refractivity contribution >= 4 is 0 Å². The zero-order valence-corrected chi connectivity index (χ0v) is 15.8. The number of likely N-dealkylation sites (tertiary alicyclic amines) is 1. The molecule has 2 atom stereocenters. The molecule has 0 N–H and O–H groups in total. The molecule has 2 fully saturated rings. The highest BCUT2D eigenvalue weighted by Crippen LogP contribution is 2.34. The molecule has 27 heavy (non-hydrogen) atoms. The maximum Gasteiger partial charge on any atom is 0.330 e. The lowest BCUT2D eigenvalue weighted by atomic mass is 10.0. The maximum atomic E-state index is 12.2. The van der Waals surface area contributed by atoms with Crippen LogP contribution in [0.25, 0.3) is 0 Å². The summed E-state index contributed by atoms with van der Waals surface area (Å²) >= 11 is 0. The predicted molar refractivity (Wildman–Crippen MR) is 96.2 cm³/mol. The smallest absolute Gasteiger partial charge is 0.330 e. The Morgan fingerprint density at radius 1 is 1.07 bits per heavy atom. The van der Waals surface area contributed by atoms with Gasteiger partial charge in [-0.25, -0.2) is 4.79 Å². The molecular weight excluding hydrogens is 350 g/mol. The molecule has 0 aromatic carbocycles. The number of piperidine rings is 1. The standard InChI is InChI=1S/C18H25N5O4/c1-21-12(10-15(24)22(2)18(21)25)11-23-8-4-3-6-13(23)16-19-20-17(27-16)14-7-5-9-26-14/h10,13-14H,3-9,11H2,1-2H3/t13-,14+/m0/s1. The van der Waals surface area contributed by atoms with E-state index in [1.165, 1.54) is 17.7 Å². The molecule has 9 nitrogen and oxygen atoms in total. The summed E-state index contributed by atoms with van der Waals surface area (Å²) in [5.41, 5.74) is 0.0819. The highest BCUT2D eigenvalue weighted by Gasteiger charge is 2.31. The van der Waals surface area contributed by atoms with Gasteiger partial charge in [-0.2, -0.15) is 0 Å². The molecule has 0 spiro atoms. The van der Waals surface area contributed by atoms with Gasteiger partial charge in [-0.15, -0.1) is 10.2 Å². The van der Waals surface area contributed by atoms with Gasteiger partial charge in [-0.3, -0.25) is 18.8 Å². The molecule has 0 amide bonds. The molecule has 2 saturated heterocycles. The van der Waals surface area contributed by atoms with Crippen LogP contribution in [0.3, 0.4) is 0 Å². The van der Waals surface area contributed by atoms with Crippen LogP contribution in [0.2, 0.25) is 0 Å². The van der Waals surface area contributed by atoms with Gasteiger partial charge in [-0.1, -0.05) is 6.42 Å². The van der Waals surface area contributed by atoms with Crippen molar-refractivity contribution < 1.29 is 9.15 Å². The van der Waals surface area contributed by atoms with Gasteiger partial charge in [-0.05, 0) is 32.2 Å². The lowest BCUT2D eigenvalue weighted by molar-refractivity contribution is 0.0789. The minimum atomic E-state index is -0.315. The molecular formula is C18H25N5O4. The van der Waals surface area contributed by atoms with Crippen LogP contribution >= 0.6 is 0 Å². The van der Waals surface area contributed by atoms with Crippen molar-refractivity contribution in [1.29, 1.82) is 0 Å². The van der Waals surface area contributed by atoms with E-state index in [0.29, 0.717) is 24.0 Å². The van der Waals surface area contributed by atoms with Crippen LogP contribution in [0.5, 0.6) is 0 Å². The zero-order valence-electron chi connectivity index (χ0n) is 15.8. The Morgan fingerprint density at radius 2 is 1.89 bits per heavy atom. The van der Waals surface area contributed by atoms with E-state index in [2.05, 4.69) is 15.1 Å². The fourth-order valence-electron chi connectivity index (χ4n) is 3.88. The van der Waals surface area contributed by atoms with Crippen molar-refractivity contribution in [2.24, 2.45) is 14.1 Å². The van der Waals surface area contributed by atoms with E-state index in [-0.39, 0.29) is 23.4 Å².